The summed E-state index contributed by atoms with van der Waals surface area (Å²) < 4.78 is 0. The zero-order chi connectivity index (χ0) is 18.7. The van der Waals surface area contributed by atoms with Crippen molar-refractivity contribution in [2.24, 2.45) is 11.8 Å². The van der Waals surface area contributed by atoms with Crippen molar-refractivity contribution < 1.29 is 4.92 Å². The molecule has 1 saturated heterocycles. The fraction of sp³-hybridized carbons (Fsp3) is 0.444. The van der Waals surface area contributed by atoms with Crippen LogP contribution in [0.15, 0.2) is 30.3 Å². The van der Waals surface area contributed by atoms with Gasteiger partial charge in [0.25, 0.3) is 0 Å². The van der Waals surface area contributed by atoms with Gasteiger partial charge in [0.1, 0.15) is 0 Å². The molecule has 26 heavy (non-hydrogen) atoms. The first-order chi connectivity index (χ1) is 12.4. The molecule has 3 rings (SSSR count). The van der Waals surface area contributed by atoms with E-state index in [1.165, 1.54) is 0 Å². The molecule has 8 nitrogen and oxygen atoms in total. The molecular weight excluding hydrogens is 332 g/mol. The lowest BCUT2D eigenvalue weighted by molar-refractivity contribution is -0.383. The zero-order valence-electron chi connectivity index (χ0n) is 15.1. The molecule has 1 fully saturated rings. The molecular formula is C18H24N6O2. The number of benzene rings is 1. The van der Waals surface area contributed by atoms with E-state index in [9.17, 15) is 10.1 Å². The second-order valence-corrected chi connectivity index (χ2v) is 7.05. The van der Waals surface area contributed by atoms with E-state index in [0.717, 1.165) is 25.1 Å². The molecule has 138 valence electrons. The maximum atomic E-state index is 11.4. The average Bonchev–Trinajstić information content (AvgIpc) is 2.59. The molecule has 0 amide bonds. The van der Waals surface area contributed by atoms with E-state index in [-0.39, 0.29) is 17.3 Å². The number of anilines is 3. The van der Waals surface area contributed by atoms with E-state index in [1.54, 1.807) is 0 Å². The Bertz CT molecular complexity index is 773. The molecule has 1 aromatic carbocycles. The maximum absolute atomic E-state index is 11.4. The highest BCUT2D eigenvalue weighted by molar-refractivity contribution is 5.70. The number of nitrogens with zero attached hydrogens (tertiary/aromatic N) is 4. The molecule has 2 heterocycles. The first kappa shape index (κ1) is 17.9. The Kier molecular flexibility index (Phi) is 5.20. The third-order valence-electron chi connectivity index (χ3n) is 4.54. The lowest BCUT2D eigenvalue weighted by Crippen LogP contribution is -2.39. The molecule has 0 spiro atoms. The summed E-state index contributed by atoms with van der Waals surface area (Å²) in [7, 11) is 0. The Morgan fingerprint density at radius 2 is 1.88 bits per heavy atom. The Hall–Kier alpha value is -2.90. The lowest BCUT2D eigenvalue weighted by Gasteiger charge is -2.35. The average molecular weight is 356 g/mol. The maximum Gasteiger partial charge on any atom is 0.353 e. The Morgan fingerprint density at radius 1 is 1.23 bits per heavy atom. The summed E-state index contributed by atoms with van der Waals surface area (Å²) in [5.41, 5.74) is 6.63. The molecule has 8 heteroatoms. The van der Waals surface area contributed by atoms with Gasteiger partial charge in [-0.3, -0.25) is 10.1 Å². The minimum absolute atomic E-state index is 0.110. The van der Waals surface area contributed by atoms with Crippen LogP contribution in [0.1, 0.15) is 25.8 Å². The SMILES string of the molecule is C[C@H]1C[C@H](C)CN(c2nc(N)c([N+](=O)[O-])c(NCc3ccccc3)n2)C1. The monoisotopic (exact) mass is 356 g/mol. The summed E-state index contributed by atoms with van der Waals surface area (Å²) in [6.45, 7) is 6.43. The largest absolute Gasteiger partial charge is 0.378 e. The van der Waals surface area contributed by atoms with E-state index in [2.05, 4.69) is 34.0 Å². The van der Waals surface area contributed by atoms with Crippen LogP contribution < -0.4 is 16.0 Å². The smallest absolute Gasteiger partial charge is 0.353 e. The van der Waals surface area contributed by atoms with Crippen molar-refractivity contribution in [1.82, 2.24) is 9.97 Å². The molecule has 0 unspecified atom stereocenters. The number of piperidine rings is 1. The van der Waals surface area contributed by atoms with Crippen LogP contribution >= 0.6 is 0 Å². The van der Waals surface area contributed by atoms with Gasteiger partial charge in [0, 0.05) is 19.6 Å². The van der Waals surface area contributed by atoms with Crippen LogP contribution in [0.2, 0.25) is 0 Å². The predicted molar refractivity (Wildman–Crippen MR) is 102 cm³/mol. The fourth-order valence-electron chi connectivity index (χ4n) is 3.51. The van der Waals surface area contributed by atoms with Gasteiger partial charge < -0.3 is 16.0 Å². The predicted octanol–water partition coefficient (Wildman–Crippen LogP) is 3.06. The Morgan fingerprint density at radius 3 is 2.50 bits per heavy atom. The van der Waals surface area contributed by atoms with Gasteiger partial charge in [0.15, 0.2) is 0 Å². The fourth-order valence-corrected chi connectivity index (χ4v) is 3.51. The normalized spacial score (nSPS) is 20.0. The molecule has 0 aliphatic carbocycles. The highest BCUT2D eigenvalue weighted by Crippen LogP contribution is 2.32. The minimum Gasteiger partial charge on any atom is -0.378 e. The highest BCUT2D eigenvalue weighted by atomic mass is 16.6. The molecule has 0 bridgehead atoms. The summed E-state index contributed by atoms with van der Waals surface area (Å²) in [5, 5.41) is 14.5. The topological polar surface area (TPSA) is 110 Å². The summed E-state index contributed by atoms with van der Waals surface area (Å²) in [6, 6.07) is 9.64. The molecule has 1 aliphatic rings. The quantitative estimate of drug-likeness (QED) is 0.625. The van der Waals surface area contributed by atoms with Crippen LogP contribution in [0, 0.1) is 22.0 Å². The van der Waals surface area contributed by atoms with Gasteiger partial charge in [0.2, 0.25) is 17.6 Å². The summed E-state index contributed by atoms with van der Waals surface area (Å²) in [6.07, 6.45) is 1.15. The second-order valence-electron chi connectivity index (χ2n) is 7.05. The Balaban J connectivity index is 1.90. The van der Waals surface area contributed by atoms with Crippen molar-refractivity contribution in [2.45, 2.75) is 26.8 Å². The van der Waals surface area contributed by atoms with Crippen LogP contribution in [-0.4, -0.2) is 28.0 Å². The van der Waals surface area contributed by atoms with Gasteiger partial charge in [-0.1, -0.05) is 44.2 Å². The number of hydrogen-bond acceptors (Lipinski definition) is 7. The van der Waals surface area contributed by atoms with Crippen LogP contribution in [0.5, 0.6) is 0 Å². The molecule has 0 radical (unpaired) electrons. The number of hydrogen-bond donors (Lipinski definition) is 2. The van der Waals surface area contributed by atoms with E-state index >= 15 is 0 Å². The van der Waals surface area contributed by atoms with Gasteiger partial charge in [-0.2, -0.15) is 9.97 Å². The van der Waals surface area contributed by atoms with E-state index in [0.29, 0.717) is 24.3 Å². The summed E-state index contributed by atoms with van der Waals surface area (Å²) in [5.74, 6) is 1.52. The minimum atomic E-state index is -0.534. The van der Waals surface area contributed by atoms with Gasteiger partial charge in [-0.05, 0) is 23.8 Å². The zero-order valence-corrected chi connectivity index (χ0v) is 15.1. The van der Waals surface area contributed by atoms with Crippen molar-refractivity contribution in [2.75, 3.05) is 29.0 Å². The third kappa shape index (κ3) is 4.01. The standard InChI is InChI=1S/C18H24N6O2/c1-12-8-13(2)11-23(10-12)18-21-16(19)15(24(25)26)17(22-18)20-9-14-6-4-3-5-7-14/h3-7,12-13H,8-11H2,1-2H3,(H3,19,20,21,22)/t12-,13-/m0/s1. The Labute approximate surface area is 152 Å². The van der Waals surface area contributed by atoms with E-state index < -0.39 is 4.92 Å². The molecule has 2 atom stereocenters. The van der Waals surface area contributed by atoms with Crippen molar-refractivity contribution in [3.63, 3.8) is 0 Å². The first-order valence-corrected chi connectivity index (χ1v) is 8.78. The molecule has 1 aromatic heterocycles. The van der Waals surface area contributed by atoms with Crippen molar-refractivity contribution >= 4 is 23.3 Å². The number of aromatic nitrogens is 2. The molecule has 3 N–H and O–H groups in total. The first-order valence-electron chi connectivity index (χ1n) is 8.78. The summed E-state index contributed by atoms with van der Waals surface area (Å²) >= 11 is 0. The highest BCUT2D eigenvalue weighted by Gasteiger charge is 2.28. The second kappa shape index (κ2) is 7.55. The van der Waals surface area contributed by atoms with Gasteiger partial charge in [-0.15, -0.1) is 0 Å². The molecule has 2 aromatic rings. The lowest BCUT2D eigenvalue weighted by atomic mass is 9.92. The summed E-state index contributed by atoms with van der Waals surface area (Å²) in [4.78, 5) is 21.6. The van der Waals surface area contributed by atoms with Gasteiger partial charge >= 0.3 is 5.69 Å². The number of nitrogen functional groups attached to an aromatic ring is 1. The van der Waals surface area contributed by atoms with E-state index in [1.807, 2.05) is 30.3 Å². The third-order valence-corrected chi connectivity index (χ3v) is 4.54. The number of nitrogens with one attached hydrogen (secondary N) is 1. The van der Waals surface area contributed by atoms with Crippen molar-refractivity contribution in [3.8, 4) is 0 Å². The number of nitro groups is 1. The number of rotatable bonds is 5. The molecule has 1 aliphatic heterocycles. The number of nitrogens with two attached hydrogens (primary N) is 1. The van der Waals surface area contributed by atoms with Crippen LogP contribution in [0.25, 0.3) is 0 Å². The van der Waals surface area contributed by atoms with Gasteiger partial charge in [0.05, 0.1) is 4.92 Å². The van der Waals surface area contributed by atoms with Crippen LogP contribution in [0.3, 0.4) is 0 Å². The van der Waals surface area contributed by atoms with Gasteiger partial charge in [-0.25, -0.2) is 0 Å². The van der Waals surface area contributed by atoms with Crippen LogP contribution in [0.4, 0.5) is 23.3 Å². The molecule has 0 saturated carbocycles. The van der Waals surface area contributed by atoms with Crippen LogP contribution in [-0.2, 0) is 6.54 Å². The van der Waals surface area contributed by atoms with Crippen molar-refractivity contribution in [1.29, 1.82) is 0 Å². The van der Waals surface area contributed by atoms with E-state index in [4.69, 9.17) is 5.73 Å². The van der Waals surface area contributed by atoms with Crippen molar-refractivity contribution in [3.05, 3.63) is 46.0 Å².